The standard InChI is InChI=1S/C19H20N6O5S/c1-29-12-3-4-13-14(9-12)31-19(22-13)23-16-15(25(27)28)17(21-10-20-16)24-7-5-11(6-8-24)18(26)30-2/h3-4,9-11H,5-8H2,1-2H3,(H,20,21,22,23). The van der Waals surface area contributed by atoms with Gasteiger partial charge < -0.3 is 19.7 Å². The fourth-order valence-electron chi connectivity index (χ4n) is 3.54. The van der Waals surface area contributed by atoms with E-state index in [1.807, 2.05) is 12.1 Å². The van der Waals surface area contributed by atoms with Gasteiger partial charge in [-0.05, 0) is 31.0 Å². The molecule has 1 N–H and O–H groups in total. The predicted octanol–water partition coefficient (Wildman–Crippen LogP) is 3.14. The summed E-state index contributed by atoms with van der Waals surface area (Å²) >= 11 is 1.34. The van der Waals surface area contributed by atoms with Crippen LogP contribution in [-0.4, -0.2) is 53.2 Å². The first-order valence-corrected chi connectivity index (χ1v) is 10.4. The first kappa shape index (κ1) is 20.7. The molecule has 0 atom stereocenters. The molecule has 2 aromatic heterocycles. The minimum atomic E-state index is -0.500. The Bertz CT molecular complexity index is 1130. The number of hydrogen-bond acceptors (Lipinski definition) is 11. The van der Waals surface area contributed by atoms with Gasteiger partial charge in [0.15, 0.2) is 5.13 Å². The van der Waals surface area contributed by atoms with Crippen LogP contribution in [0.2, 0.25) is 0 Å². The van der Waals surface area contributed by atoms with Gasteiger partial charge in [-0.25, -0.2) is 15.0 Å². The largest absolute Gasteiger partial charge is 0.497 e. The molecular weight excluding hydrogens is 424 g/mol. The minimum Gasteiger partial charge on any atom is -0.497 e. The van der Waals surface area contributed by atoms with E-state index in [-0.39, 0.29) is 29.2 Å². The lowest BCUT2D eigenvalue weighted by molar-refractivity contribution is -0.383. The number of methoxy groups -OCH3 is 2. The molecule has 12 heteroatoms. The van der Waals surface area contributed by atoms with Gasteiger partial charge in [-0.3, -0.25) is 14.9 Å². The van der Waals surface area contributed by atoms with Gasteiger partial charge in [-0.15, -0.1) is 0 Å². The number of nitro groups is 1. The number of nitrogens with one attached hydrogen (secondary N) is 1. The number of thiazole rings is 1. The van der Waals surface area contributed by atoms with E-state index >= 15 is 0 Å². The van der Waals surface area contributed by atoms with Crippen molar-refractivity contribution >= 4 is 50.0 Å². The Morgan fingerprint density at radius 2 is 2.06 bits per heavy atom. The molecule has 11 nitrogen and oxygen atoms in total. The van der Waals surface area contributed by atoms with Crippen LogP contribution in [0.25, 0.3) is 10.2 Å². The molecule has 1 aliphatic heterocycles. The molecule has 0 saturated carbocycles. The molecule has 4 rings (SSSR count). The van der Waals surface area contributed by atoms with Crippen LogP contribution in [0.5, 0.6) is 5.75 Å². The number of carbonyl (C=O) groups excluding carboxylic acids is 1. The molecular formula is C19H20N6O5S. The fourth-order valence-corrected chi connectivity index (χ4v) is 4.43. The van der Waals surface area contributed by atoms with E-state index in [0.717, 1.165) is 10.2 Å². The number of fused-ring (bicyclic) bond motifs is 1. The number of aromatic nitrogens is 3. The van der Waals surface area contributed by atoms with Gasteiger partial charge in [0, 0.05) is 13.1 Å². The average molecular weight is 444 g/mol. The van der Waals surface area contributed by atoms with Crippen LogP contribution in [0.4, 0.5) is 22.5 Å². The third kappa shape index (κ3) is 4.19. The lowest BCUT2D eigenvalue weighted by atomic mass is 9.97. The van der Waals surface area contributed by atoms with Crippen molar-refractivity contribution < 1.29 is 19.2 Å². The third-order valence-electron chi connectivity index (χ3n) is 5.14. The van der Waals surface area contributed by atoms with Crippen molar-refractivity contribution in [2.75, 3.05) is 37.5 Å². The lowest BCUT2D eigenvalue weighted by Crippen LogP contribution is -2.37. The zero-order valence-corrected chi connectivity index (χ0v) is 17.7. The number of esters is 1. The Morgan fingerprint density at radius 1 is 1.29 bits per heavy atom. The summed E-state index contributed by atoms with van der Waals surface area (Å²) in [5, 5.41) is 15.3. The van der Waals surface area contributed by atoms with Gasteiger partial charge in [0.1, 0.15) is 12.1 Å². The van der Waals surface area contributed by atoms with Gasteiger partial charge in [0.25, 0.3) is 0 Å². The molecule has 162 valence electrons. The van der Waals surface area contributed by atoms with Crippen LogP contribution >= 0.6 is 11.3 Å². The number of benzene rings is 1. The average Bonchev–Trinajstić information content (AvgIpc) is 3.19. The molecule has 0 aliphatic carbocycles. The molecule has 1 aliphatic rings. The molecule has 0 radical (unpaired) electrons. The lowest BCUT2D eigenvalue weighted by Gasteiger charge is -2.31. The molecule has 1 aromatic carbocycles. The number of nitrogens with zero attached hydrogens (tertiary/aromatic N) is 5. The number of hydrogen-bond donors (Lipinski definition) is 1. The topological polar surface area (TPSA) is 133 Å². The molecule has 3 aromatic rings. The van der Waals surface area contributed by atoms with Crippen molar-refractivity contribution in [2.45, 2.75) is 12.8 Å². The smallest absolute Gasteiger partial charge is 0.353 e. The van der Waals surface area contributed by atoms with Crippen LogP contribution in [0.15, 0.2) is 24.5 Å². The SMILES string of the molecule is COC(=O)C1CCN(c2ncnc(Nc3nc4ccc(OC)cc4s3)c2[N+](=O)[O-])CC1. The monoisotopic (exact) mass is 444 g/mol. The van der Waals surface area contributed by atoms with E-state index in [1.54, 1.807) is 18.1 Å². The summed E-state index contributed by atoms with van der Waals surface area (Å²) in [4.78, 5) is 37.7. The Kier molecular flexibility index (Phi) is 5.80. The van der Waals surface area contributed by atoms with Gasteiger partial charge in [-0.1, -0.05) is 11.3 Å². The second kappa shape index (κ2) is 8.68. The van der Waals surface area contributed by atoms with Gasteiger partial charge in [-0.2, -0.15) is 0 Å². The number of anilines is 3. The maximum atomic E-state index is 11.9. The fraction of sp³-hybridized carbons (Fsp3) is 0.368. The third-order valence-corrected chi connectivity index (χ3v) is 6.07. The highest BCUT2D eigenvalue weighted by Gasteiger charge is 2.32. The van der Waals surface area contributed by atoms with Crippen LogP contribution in [0, 0.1) is 16.0 Å². The van der Waals surface area contributed by atoms with Crippen LogP contribution in [0.3, 0.4) is 0 Å². The predicted molar refractivity (Wildman–Crippen MR) is 115 cm³/mol. The van der Waals surface area contributed by atoms with Crippen LogP contribution in [-0.2, 0) is 9.53 Å². The van der Waals surface area contributed by atoms with Gasteiger partial charge in [0.2, 0.25) is 11.6 Å². The van der Waals surface area contributed by atoms with E-state index in [0.29, 0.717) is 36.8 Å². The highest BCUT2D eigenvalue weighted by molar-refractivity contribution is 7.22. The van der Waals surface area contributed by atoms with E-state index in [1.165, 1.54) is 24.8 Å². The Labute approximate surface area is 181 Å². The Balaban J connectivity index is 1.61. The number of rotatable bonds is 6. The summed E-state index contributed by atoms with van der Waals surface area (Å²) in [5.41, 5.74) is 0.519. The van der Waals surface area contributed by atoms with E-state index < -0.39 is 4.92 Å². The summed E-state index contributed by atoms with van der Waals surface area (Å²) in [7, 11) is 2.95. The molecule has 0 spiro atoms. The van der Waals surface area contributed by atoms with E-state index in [2.05, 4.69) is 20.3 Å². The van der Waals surface area contributed by atoms with Crippen LogP contribution < -0.4 is 15.0 Å². The highest BCUT2D eigenvalue weighted by Crippen LogP contribution is 2.37. The summed E-state index contributed by atoms with van der Waals surface area (Å²) in [5.74, 6) is 0.518. The van der Waals surface area contributed by atoms with E-state index in [9.17, 15) is 14.9 Å². The number of piperidine rings is 1. The Hall–Kier alpha value is -3.54. The summed E-state index contributed by atoms with van der Waals surface area (Å²) < 4.78 is 10.9. The van der Waals surface area contributed by atoms with Crippen molar-refractivity contribution in [3.05, 3.63) is 34.6 Å². The van der Waals surface area contributed by atoms with Crippen molar-refractivity contribution in [1.29, 1.82) is 0 Å². The molecule has 0 unspecified atom stereocenters. The second-order valence-corrected chi connectivity index (χ2v) is 7.94. The molecule has 1 saturated heterocycles. The summed E-state index contributed by atoms with van der Waals surface area (Å²) in [6.07, 6.45) is 2.36. The normalized spacial score (nSPS) is 14.5. The summed E-state index contributed by atoms with van der Waals surface area (Å²) in [6, 6.07) is 5.47. The van der Waals surface area contributed by atoms with Gasteiger partial charge in [0.05, 0.1) is 35.3 Å². The minimum absolute atomic E-state index is 0.0658. The molecule has 31 heavy (non-hydrogen) atoms. The zero-order valence-electron chi connectivity index (χ0n) is 16.9. The number of carbonyl (C=O) groups is 1. The molecule has 0 amide bonds. The highest BCUT2D eigenvalue weighted by atomic mass is 32.1. The van der Waals surface area contributed by atoms with E-state index in [4.69, 9.17) is 9.47 Å². The maximum absolute atomic E-state index is 11.9. The Morgan fingerprint density at radius 3 is 2.74 bits per heavy atom. The maximum Gasteiger partial charge on any atom is 0.353 e. The van der Waals surface area contributed by atoms with Crippen molar-refractivity contribution in [3.63, 3.8) is 0 Å². The van der Waals surface area contributed by atoms with Crippen molar-refractivity contribution in [2.24, 2.45) is 5.92 Å². The van der Waals surface area contributed by atoms with Crippen molar-refractivity contribution in [3.8, 4) is 5.75 Å². The number of ether oxygens (including phenoxy) is 2. The quantitative estimate of drug-likeness (QED) is 0.343. The molecule has 3 heterocycles. The zero-order chi connectivity index (χ0) is 22.0. The second-order valence-electron chi connectivity index (χ2n) is 6.91. The van der Waals surface area contributed by atoms with Crippen molar-refractivity contribution in [1.82, 2.24) is 15.0 Å². The summed E-state index contributed by atoms with van der Waals surface area (Å²) in [6.45, 7) is 0.913. The van der Waals surface area contributed by atoms with Crippen LogP contribution in [0.1, 0.15) is 12.8 Å². The van der Waals surface area contributed by atoms with Gasteiger partial charge >= 0.3 is 11.7 Å². The molecule has 1 fully saturated rings. The first-order chi connectivity index (χ1) is 15.0. The molecule has 0 bridgehead atoms. The first-order valence-electron chi connectivity index (χ1n) is 9.54.